The molecule has 8 nitrogen and oxygen atoms in total. The van der Waals surface area contributed by atoms with Gasteiger partial charge >= 0.3 is 0 Å². The monoisotopic (exact) mass is 408 g/mol. The maximum atomic E-state index is 13.7. The molecule has 1 aliphatic rings. The molecule has 0 spiro atoms. The largest absolute Gasteiger partial charge is 0.369 e. The first-order valence-corrected chi connectivity index (χ1v) is 9.56. The number of morpholine rings is 1. The first kappa shape index (κ1) is 19.9. The average molecular weight is 408 g/mol. The van der Waals surface area contributed by atoms with E-state index < -0.39 is 5.82 Å². The van der Waals surface area contributed by atoms with Crippen LogP contribution in [0, 0.1) is 5.82 Å². The number of nitrogens with zero attached hydrogens (tertiary/aromatic N) is 4. The average Bonchev–Trinajstić information content (AvgIpc) is 2.77. The van der Waals surface area contributed by atoms with Crippen LogP contribution in [0.5, 0.6) is 0 Å². The van der Waals surface area contributed by atoms with Gasteiger partial charge < -0.3 is 15.4 Å². The van der Waals surface area contributed by atoms with Crippen LogP contribution in [0.3, 0.4) is 0 Å². The molecule has 3 aromatic rings. The topological polar surface area (TPSA) is 92.3 Å². The van der Waals surface area contributed by atoms with Crippen molar-refractivity contribution in [2.24, 2.45) is 0 Å². The summed E-state index contributed by atoms with van der Waals surface area (Å²) in [5.41, 5.74) is 1.72. The third-order valence-electron chi connectivity index (χ3n) is 4.60. The molecule has 0 saturated carbocycles. The molecule has 0 bridgehead atoms. The van der Waals surface area contributed by atoms with Crippen LogP contribution in [0.4, 0.5) is 21.7 Å². The lowest BCUT2D eigenvalue weighted by molar-refractivity contribution is -0.119. The molecule has 1 unspecified atom stereocenters. The number of benzene rings is 1. The predicted molar refractivity (Wildman–Crippen MR) is 110 cm³/mol. The van der Waals surface area contributed by atoms with Gasteiger partial charge in [0.25, 0.3) is 0 Å². The van der Waals surface area contributed by atoms with E-state index in [1.165, 1.54) is 12.1 Å². The third-order valence-corrected chi connectivity index (χ3v) is 4.60. The molecule has 154 valence electrons. The van der Waals surface area contributed by atoms with Gasteiger partial charge in [0.1, 0.15) is 11.9 Å². The van der Waals surface area contributed by atoms with Crippen LogP contribution in [0.15, 0.2) is 61.1 Å². The molecule has 1 aromatic carbocycles. The molecule has 2 aromatic heterocycles. The van der Waals surface area contributed by atoms with Crippen molar-refractivity contribution in [2.45, 2.75) is 6.10 Å². The lowest BCUT2D eigenvalue weighted by Crippen LogP contribution is -2.42. The molecule has 4 rings (SSSR count). The molecule has 30 heavy (non-hydrogen) atoms. The van der Waals surface area contributed by atoms with E-state index in [4.69, 9.17) is 4.74 Å². The Morgan fingerprint density at radius 2 is 1.97 bits per heavy atom. The predicted octanol–water partition coefficient (Wildman–Crippen LogP) is 2.77. The van der Waals surface area contributed by atoms with Gasteiger partial charge in [-0.15, -0.1) is 0 Å². The number of ether oxygens (including phenoxy) is 1. The highest BCUT2D eigenvalue weighted by molar-refractivity contribution is 5.92. The molecule has 0 aliphatic carbocycles. The summed E-state index contributed by atoms with van der Waals surface area (Å²) in [5, 5.41) is 5.69. The van der Waals surface area contributed by atoms with E-state index in [-0.39, 0.29) is 24.2 Å². The Balaban J connectivity index is 1.33. The van der Waals surface area contributed by atoms with Crippen LogP contribution in [0.2, 0.25) is 0 Å². The van der Waals surface area contributed by atoms with E-state index in [2.05, 4.69) is 25.6 Å². The number of carbonyl (C=O) groups is 1. The van der Waals surface area contributed by atoms with Gasteiger partial charge in [0.05, 0.1) is 36.4 Å². The second kappa shape index (κ2) is 9.38. The maximum absolute atomic E-state index is 13.7. The minimum absolute atomic E-state index is 0.152. The zero-order valence-electron chi connectivity index (χ0n) is 16.2. The number of nitrogens with one attached hydrogen (secondary N) is 2. The summed E-state index contributed by atoms with van der Waals surface area (Å²) in [7, 11) is 0. The fourth-order valence-corrected chi connectivity index (χ4v) is 3.14. The van der Waals surface area contributed by atoms with Crippen LogP contribution in [-0.2, 0) is 9.53 Å². The molecule has 1 aliphatic heterocycles. The molecular formula is C21H21FN6O2. The smallest absolute Gasteiger partial charge is 0.238 e. The third kappa shape index (κ3) is 5.13. The molecule has 1 atom stereocenters. The van der Waals surface area contributed by atoms with Crippen molar-refractivity contribution in [3.05, 3.63) is 72.6 Å². The van der Waals surface area contributed by atoms with Gasteiger partial charge in [0, 0.05) is 25.5 Å². The van der Waals surface area contributed by atoms with Gasteiger partial charge in [-0.1, -0.05) is 12.1 Å². The van der Waals surface area contributed by atoms with E-state index in [1.807, 2.05) is 17.0 Å². The Morgan fingerprint density at radius 1 is 1.13 bits per heavy atom. The van der Waals surface area contributed by atoms with Crippen molar-refractivity contribution in [2.75, 3.05) is 36.9 Å². The van der Waals surface area contributed by atoms with Crippen LogP contribution in [0.25, 0.3) is 0 Å². The van der Waals surface area contributed by atoms with Crippen LogP contribution in [0.1, 0.15) is 11.8 Å². The van der Waals surface area contributed by atoms with E-state index in [0.29, 0.717) is 25.6 Å². The molecule has 1 saturated heterocycles. The quantitative estimate of drug-likeness (QED) is 0.648. The Labute approximate surface area is 173 Å². The number of halogens is 1. The summed E-state index contributed by atoms with van der Waals surface area (Å²) in [4.78, 5) is 27.0. The van der Waals surface area contributed by atoms with Crippen LogP contribution < -0.4 is 10.6 Å². The summed E-state index contributed by atoms with van der Waals surface area (Å²) in [6.45, 7) is 1.77. The van der Waals surface area contributed by atoms with Crippen molar-refractivity contribution in [1.82, 2.24) is 19.9 Å². The Kier molecular flexibility index (Phi) is 6.21. The second-order valence-corrected chi connectivity index (χ2v) is 6.79. The summed E-state index contributed by atoms with van der Waals surface area (Å²) in [6.07, 6.45) is 4.76. The van der Waals surface area contributed by atoms with Gasteiger partial charge in [0.15, 0.2) is 0 Å². The Morgan fingerprint density at radius 3 is 2.73 bits per heavy atom. The lowest BCUT2D eigenvalue weighted by atomic mass is 10.2. The standard InChI is InChI=1S/C21H21FN6O2/c22-16-4-1-2-5-17(16)27-20(29)14-28-10-11-30-19(13-28)18-7-6-15(12-25-18)26-21-23-8-3-9-24-21/h1-9,12,19H,10-11,13-14H2,(H,27,29)(H,23,24,26). The Bertz CT molecular complexity index is 986. The summed E-state index contributed by atoms with van der Waals surface area (Å²) in [6, 6.07) is 11.6. The number of hydrogen-bond donors (Lipinski definition) is 2. The number of amides is 1. The van der Waals surface area contributed by atoms with Crippen molar-refractivity contribution in [1.29, 1.82) is 0 Å². The molecule has 1 fully saturated rings. The number of rotatable bonds is 6. The van der Waals surface area contributed by atoms with E-state index in [9.17, 15) is 9.18 Å². The van der Waals surface area contributed by atoms with Crippen molar-refractivity contribution in [3.8, 4) is 0 Å². The molecule has 1 amide bonds. The second-order valence-electron chi connectivity index (χ2n) is 6.79. The molecule has 0 radical (unpaired) electrons. The molecular weight excluding hydrogens is 387 g/mol. The van der Waals surface area contributed by atoms with Crippen LogP contribution in [-0.4, -0.2) is 52.0 Å². The highest BCUT2D eigenvalue weighted by atomic mass is 19.1. The number of para-hydroxylation sites is 1. The molecule has 9 heteroatoms. The SMILES string of the molecule is O=C(CN1CCOC(c2ccc(Nc3ncccn3)cn2)C1)Nc1ccccc1F. The minimum atomic E-state index is -0.454. The number of anilines is 3. The number of aromatic nitrogens is 3. The number of hydrogen-bond acceptors (Lipinski definition) is 7. The highest BCUT2D eigenvalue weighted by Gasteiger charge is 2.24. The summed E-state index contributed by atoms with van der Waals surface area (Å²) in [5.74, 6) is -0.228. The van der Waals surface area contributed by atoms with Gasteiger partial charge in [0.2, 0.25) is 11.9 Å². The first-order valence-electron chi connectivity index (χ1n) is 9.56. The van der Waals surface area contributed by atoms with Crippen molar-refractivity contribution >= 4 is 23.2 Å². The zero-order valence-corrected chi connectivity index (χ0v) is 16.2. The summed E-state index contributed by atoms with van der Waals surface area (Å²) < 4.78 is 19.5. The van der Waals surface area contributed by atoms with Crippen molar-refractivity contribution < 1.29 is 13.9 Å². The zero-order chi connectivity index (χ0) is 20.8. The minimum Gasteiger partial charge on any atom is -0.369 e. The molecule has 2 N–H and O–H groups in total. The number of pyridine rings is 1. The first-order chi connectivity index (χ1) is 14.7. The summed E-state index contributed by atoms with van der Waals surface area (Å²) >= 11 is 0. The van der Waals surface area contributed by atoms with E-state index >= 15 is 0 Å². The molecule has 3 heterocycles. The van der Waals surface area contributed by atoms with Gasteiger partial charge in [-0.25, -0.2) is 14.4 Å². The Hall–Kier alpha value is -3.43. The lowest BCUT2D eigenvalue weighted by Gasteiger charge is -2.32. The van der Waals surface area contributed by atoms with Crippen LogP contribution >= 0.6 is 0 Å². The highest BCUT2D eigenvalue weighted by Crippen LogP contribution is 2.22. The van der Waals surface area contributed by atoms with Gasteiger partial charge in [-0.3, -0.25) is 14.7 Å². The maximum Gasteiger partial charge on any atom is 0.238 e. The van der Waals surface area contributed by atoms with Gasteiger partial charge in [-0.05, 0) is 30.3 Å². The number of carbonyl (C=O) groups excluding carboxylic acids is 1. The van der Waals surface area contributed by atoms with Crippen molar-refractivity contribution in [3.63, 3.8) is 0 Å². The fourth-order valence-electron chi connectivity index (χ4n) is 3.14. The normalized spacial score (nSPS) is 16.8. The van der Waals surface area contributed by atoms with E-state index in [0.717, 1.165) is 11.4 Å². The van der Waals surface area contributed by atoms with Gasteiger partial charge in [-0.2, -0.15) is 0 Å². The fraction of sp³-hybridized carbons (Fsp3) is 0.238. The van der Waals surface area contributed by atoms with E-state index in [1.54, 1.807) is 36.8 Å².